The van der Waals surface area contributed by atoms with E-state index < -0.39 is 0 Å². The van der Waals surface area contributed by atoms with Crippen LogP contribution in [0.1, 0.15) is 12.0 Å². The zero-order chi connectivity index (χ0) is 20.1. The van der Waals surface area contributed by atoms with Crippen LogP contribution in [0.2, 0.25) is 5.02 Å². The van der Waals surface area contributed by atoms with E-state index in [1.54, 1.807) is 6.20 Å². The maximum atomic E-state index is 12.6. The van der Waals surface area contributed by atoms with Gasteiger partial charge in [-0.1, -0.05) is 60.1 Å². The molecule has 1 aliphatic rings. The van der Waals surface area contributed by atoms with Gasteiger partial charge in [0.15, 0.2) is 5.82 Å². The van der Waals surface area contributed by atoms with E-state index in [0.29, 0.717) is 25.9 Å². The molecule has 0 radical (unpaired) electrons. The molecule has 0 saturated carbocycles. The third kappa shape index (κ3) is 4.74. The van der Waals surface area contributed by atoms with Crippen molar-refractivity contribution >= 4 is 23.3 Å². The number of nitrogens with zero attached hydrogens (tertiary/aromatic N) is 4. The molecule has 1 amide bonds. The Morgan fingerprint density at radius 3 is 2.41 bits per heavy atom. The molecule has 0 bridgehead atoms. The molecule has 148 valence electrons. The van der Waals surface area contributed by atoms with Crippen LogP contribution in [-0.2, 0) is 11.2 Å². The Kier molecular flexibility index (Phi) is 6.06. The van der Waals surface area contributed by atoms with E-state index >= 15 is 0 Å². The monoisotopic (exact) mass is 406 g/mol. The molecule has 1 saturated heterocycles. The predicted molar refractivity (Wildman–Crippen MR) is 116 cm³/mol. The Morgan fingerprint density at radius 1 is 0.931 bits per heavy atom. The summed E-state index contributed by atoms with van der Waals surface area (Å²) in [5.41, 5.74) is 2.03. The van der Waals surface area contributed by atoms with Gasteiger partial charge >= 0.3 is 0 Å². The van der Waals surface area contributed by atoms with Gasteiger partial charge in [0.25, 0.3) is 0 Å². The number of hydrogen-bond acceptors (Lipinski definition) is 4. The van der Waals surface area contributed by atoms with Crippen molar-refractivity contribution in [2.24, 2.45) is 0 Å². The largest absolute Gasteiger partial charge is 0.353 e. The first kappa shape index (κ1) is 19.4. The highest BCUT2D eigenvalue weighted by Gasteiger charge is 2.22. The second-order valence-corrected chi connectivity index (χ2v) is 7.47. The Labute approximate surface area is 176 Å². The lowest BCUT2D eigenvalue weighted by molar-refractivity contribution is -0.131. The fraction of sp³-hybridized carbons (Fsp3) is 0.261. The molecule has 6 heteroatoms. The summed E-state index contributed by atoms with van der Waals surface area (Å²) in [4.78, 5) is 25.9. The maximum absolute atomic E-state index is 12.6. The number of carbonyl (C=O) groups is 1. The lowest BCUT2D eigenvalue weighted by atomic mass is 10.1. The van der Waals surface area contributed by atoms with Crippen LogP contribution < -0.4 is 4.90 Å². The van der Waals surface area contributed by atoms with Crippen LogP contribution in [0.4, 0.5) is 5.82 Å². The van der Waals surface area contributed by atoms with E-state index in [1.165, 1.54) is 0 Å². The minimum absolute atomic E-state index is 0.178. The molecular weight excluding hydrogens is 384 g/mol. The normalized spacial score (nSPS) is 14.1. The Hall–Kier alpha value is -2.92. The van der Waals surface area contributed by atoms with Gasteiger partial charge < -0.3 is 9.80 Å². The third-order valence-corrected chi connectivity index (χ3v) is 5.56. The summed E-state index contributed by atoms with van der Waals surface area (Å²) in [6.45, 7) is 2.93. The van der Waals surface area contributed by atoms with Crippen LogP contribution in [-0.4, -0.2) is 47.0 Å². The van der Waals surface area contributed by atoms with Crippen molar-refractivity contribution in [3.63, 3.8) is 0 Å². The van der Waals surface area contributed by atoms with Crippen LogP contribution >= 0.6 is 11.6 Å². The van der Waals surface area contributed by atoms with Gasteiger partial charge in [0, 0.05) is 49.4 Å². The summed E-state index contributed by atoms with van der Waals surface area (Å²) >= 11 is 6.19. The average Bonchev–Trinajstić information content (AvgIpc) is 2.79. The van der Waals surface area contributed by atoms with Crippen molar-refractivity contribution in [2.45, 2.75) is 12.8 Å². The molecule has 5 nitrogen and oxygen atoms in total. The first-order valence-electron chi connectivity index (χ1n) is 9.85. The van der Waals surface area contributed by atoms with Gasteiger partial charge in [0.2, 0.25) is 5.91 Å². The molecule has 0 aliphatic carbocycles. The lowest BCUT2D eigenvalue weighted by Gasteiger charge is -2.35. The number of rotatable bonds is 5. The number of piperazine rings is 1. The minimum Gasteiger partial charge on any atom is -0.353 e. The fourth-order valence-electron chi connectivity index (χ4n) is 3.54. The predicted octanol–water partition coefficient (Wildman–Crippen LogP) is 4.08. The molecule has 0 N–H and O–H groups in total. The molecule has 1 aliphatic heterocycles. The number of hydrogen-bond donors (Lipinski definition) is 0. The zero-order valence-electron chi connectivity index (χ0n) is 16.2. The first-order chi connectivity index (χ1) is 14.2. The van der Waals surface area contributed by atoms with Crippen LogP contribution in [0.5, 0.6) is 0 Å². The van der Waals surface area contributed by atoms with E-state index in [0.717, 1.165) is 40.9 Å². The van der Waals surface area contributed by atoms with Crippen LogP contribution in [0.25, 0.3) is 11.4 Å². The number of carbonyl (C=O) groups excluding carboxylic acids is 1. The average molecular weight is 407 g/mol. The van der Waals surface area contributed by atoms with Gasteiger partial charge in [-0.25, -0.2) is 9.97 Å². The number of anilines is 1. The van der Waals surface area contributed by atoms with Crippen LogP contribution in [0.3, 0.4) is 0 Å². The Balaban J connectivity index is 1.34. The molecule has 29 heavy (non-hydrogen) atoms. The molecule has 0 spiro atoms. The molecule has 1 fully saturated rings. The standard InChI is InChI=1S/C23H23ClN4O/c24-20-9-5-4-6-18(20)10-11-22(29)28-16-14-27(15-17-28)21-12-13-25-23(26-21)19-7-2-1-3-8-19/h1-9,12-13H,10-11,14-17H2. The maximum Gasteiger partial charge on any atom is 0.223 e. The van der Waals surface area contributed by atoms with E-state index in [4.69, 9.17) is 16.6 Å². The van der Waals surface area contributed by atoms with Crippen molar-refractivity contribution in [1.29, 1.82) is 0 Å². The first-order valence-corrected chi connectivity index (χ1v) is 10.2. The fourth-order valence-corrected chi connectivity index (χ4v) is 3.77. The van der Waals surface area contributed by atoms with E-state index in [-0.39, 0.29) is 5.91 Å². The van der Waals surface area contributed by atoms with Crippen molar-refractivity contribution in [3.8, 4) is 11.4 Å². The number of aryl methyl sites for hydroxylation is 1. The number of benzene rings is 2. The number of halogens is 1. The Bertz CT molecular complexity index is 971. The summed E-state index contributed by atoms with van der Waals surface area (Å²) < 4.78 is 0. The summed E-state index contributed by atoms with van der Waals surface area (Å²) in [5.74, 6) is 1.81. The topological polar surface area (TPSA) is 49.3 Å². The van der Waals surface area contributed by atoms with Crippen molar-refractivity contribution in [1.82, 2.24) is 14.9 Å². The van der Waals surface area contributed by atoms with Gasteiger partial charge in [-0.05, 0) is 24.1 Å². The van der Waals surface area contributed by atoms with E-state index in [1.807, 2.05) is 65.6 Å². The SMILES string of the molecule is O=C(CCc1ccccc1Cl)N1CCN(c2ccnc(-c3ccccc3)n2)CC1. The van der Waals surface area contributed by atoms with Crippen LogP contribution in [0, 0.1) is 0 Å². The molecule has 3 aromatic rings. The zero-order valence-corrected chi connectivity index (χ0v) is 16.9. The van der Waals surface area contributed by atoms with Crippen molar-refractivity contribution in [2.75, 3.05) is 31.1 Å². The number of amides is 1. The summed E-state index contributed by atoms with van der Waals surface area (Å²) in [6, 6.07) is 19.6. The molecule has 0 atom stereocenters. The minimum atomic E-state index is 0.178. The van der Waals surface area contributed by atoms with E-state index in [2.05, 4.69) is 9.88 Å². The second kappa shape index (κ2) is 9.05. The quantitative estimate of drug-likeness (QED) is 0.640. The van der Waals surface area contributed by atoms with Crippen molar-refractivity contribution in [3.05, 3.63) is 77.4 Å². The molecular formula is C23H23ClN4O. The summed E-state index contributed by atoms with van der Waals surface area (Å²) in [7, 11) is 0. The van der Waals surface area contributed by atoms with Gasteiger partial charge in [0.05, 0.1) is 0 Å². The van der Waals surface area contributed by atoms with Crippen LogP contribution in [0.15, 0.2) is 66.9 Å². The van der Waals surface area contributed by atoms with E-state index in [9.17, 15) is 4.79 Å². The van der Waals surface area contributed by atoms with Gasteiger partial charge in [-0.2, -0.15) is 0 Å². The Morgan fingerprint density at radius 2 is 1.66 bits per heavy atom. The molecule has 4 rings (SSSR count). The number of aromatic nitrogens is 2. The molecule has 2 heterocycles. The highest BCUT2D eigenvalue weighted by Crippen LogP contribution is 2.20. The van der Waals surface area contributed by atoms with Crippen molar-refractivity contribution < 1.29 is 4.79 Å². The van der Waals surface area contributed by atoms with Gasteiger partial charge in [0.1, 0.15) is 5.82 Å². The third-order valence-electron chi connectivity index (χ3n) is 5.20. The highest BCUT2D eigenvalue weighted by atomic mass is 35.5. The van der Waals surface area contributed by atoms with Gasteiger partial charge in [-0.3, -0.25) is 4.79 Å². The molecule has 2 aromatic carbocycles. The second-order valence-electron chi connectivity index (χ2n) is 7.06. The molecule has 0 unspecified atom stereocenters. The summed E-state index contributed by atoms with van der Waals surface area (Å²) in [6.07, 6.45) is 2.95. The van der Waals surface area contributed by atoms with Gasteiger partial charge in [-0.15, -0.1) is 0 Å². The summed E-state index contributed by atoms with van der Waals surface area (Å²) in [5, 5.41) is 0.725. The molecule has 1 aromatic heterocycles. The highest BCUT2D eigenvalue weighted by molar-refractivity contribution is 6.31. The smallest absolute Gasteiger partial charge is 0.223 e. The lowest BCUT2D eigenvalue weighted by Crippen LogP contribution is -2.49.